The summed E-state index contributed by atoms with van der Waals surface area (Å²) in [6.45, 7) is 1.87. The standard InChI is InChI=1S/C12H16O3S/c1-9(12(14)15)11-4-2-10(3-5-11)8-16-7-6-13/h2-5,9,13H,6-8H2,1H3,(H,14,15). The molecule has 0 saturated carbocycles. The van der Waals surface area contributed by atoms with Crippen LogP contribution in [0.25, 0.3) is 0 Å². The Hall–Kier alpha value is -1.00. The van der Waals surface area contributed by atoms with E-state index >= 15 is 0 Å². The number of hydrogen-bond donors (Lipinski definition) is 2. The van der Waals surface area contributed by atoms with Crippen LogP contribution >= 0.6 is 11.8 Å². The maximum absolute atomic E-state index is 10.8. The Kier molecular flexibility index (Phi) is 5.35. The summed E-state index contributed by atoms with van der Waals surface area (Å²) in [7, 11) is 0. The molecule has 0 heterocycles. The van der Waals surface area contributed by atoms with Crippen molar-refractivity contribution in [3.8, 4) is 0 Å². The molecule has 0 aliphatic carbocycles. The van der Waals surface area contributed by atoms with Crippen LogP contribution in [-0.2, 0) is 10.5 Å². The Morgan fingerprint density at radius 2 is 2.00 bits per heavy atom. The molecule has 1 aromatic carbocycles. The van der Waals surface area contributed by atoms with E-state index in [2.05, 4.69) is 0 Å². The van der Waals surface area contributed by atoms with E-state index in [1.165, 1.54) is 0 Å². The van der Waals surface area contributed by atoms with Crippen molar-refractivity contribution in [2.75, 3.05) is 12.4 Å². The minimum absolute atomic E-state index is 0.193. The van der Waals surface area contributed by atoms with Gasteiger partial charge in [-0.1, -0.05) is 24.3 Å². The number of aliphatic carboxylic acids is 1. The number of rotatable bonds is 6. The van der Waals surface area contributed by atoms with E-state index in [9.17, 15) is 4.79 Å². The van der Waals surface area contributed by atoms with Crippen molar-refractivity contribution in [3.05, 3.63) is 35.4 Å². The molecule has 4 heteroatoms. The van der Waals surface area contributed by atoms with Crippen molar-refractivity contribution in [1.82, 2.24) is 0 Å². The van der Waals surface area contributed by atoms with Gasteiger partial charge in [0.05, 0.1) is 12.5 Å². The number of carboxylic acids is 1. The Morgan fingerprint density at radius 3 is 2.50 bits per heavy atom. The highest BCUT2D eigenvalue weighted by molar-refractivity contribution is 7.98. The second-order valence-corrected chi connectivity index (χ2v) is 4.68. The molecule has 0 fully saturated rings. The topological polar surface area (TPSA) is 57.5 Å². The van der Waals surface area contributed by atoms with Crippen LogP contribution in [0.3, 0.4) is 0 Å². The minimum atomic E-state index is -0.803. The van der Waals surface area contributed by atoms with Crippen LogP contribution in [-0.4, -0.2) is 28.5 Å². The van der Waals surface area contributed by atoms with Gasteiger partial charge in [-0.3, -0.25) is 4.79 Å². The number of carbonyl (C=O) groups is 1. The molecule has 1 unspecified atom stereocenters. The summed E-state index contributed by atoms with van der Waals surface area (Å²) in [4.78, 5) is 10.8. The first-order valence-electron chi connectivity index (χ1n) is 5.15. The number of aliphatic hydroxyl groups excluding tert-OH is 1. The van der Waals surface area contributed by atoms with Crippen molar-refractivity contribution in [2.24, 2.45) is 0 Å². The lowest BCUT2D eigenvalue weighted by Crippen LogP contribution is -2.07. The van der Waals surface area contributed by atoms with E-state index in [1.54, 1.807) is 18.7 Å². The summed E-state index contributed by atoms with van der Waals surface area (Å²) in [5.41, 5.74) is 1.98. The number of hydrogen-bond acceptors (Lipinski definition) is 3. The molecule has 0 spiro atoms. The van der Waals surface area contributed by atoms with Crippen molar-refractivity contribution in [3.63, 3.8) is 0 Å². The highest BCUT2D eigenvalue weighted by Gasteiger charge is 2.12. The zero-order chi connectivity index (χ0) is 12.0. The largest absolute Gasteiger partial charge is 0.481 e. The molecule has 16 heavy (non-hydrogen) atoms. The average Bonchev–Trinajstić information content (AvgIpc) is 2.29. The second kappa shape index (κ2) is 6.55. The summed E-state index contributed by atoms with van der Waals surface area (Å²) in [6.07, 6.45) is 0. The van der Waals surface area contributed by atoms with Gasteiger partial charge in [0.15, 0.2) is 0 Å². The summed E-state index contributed by atoms with van der Waals surface area (Å²) in [5, 5.41) is 17.5. The second-order valence-electron chi connectivity index (χ2n) is 3.58. The molecule has 0 aromatic heterocycles. The summed E-state index contributed by atoms with van der Waals surface area (Å²) in [5.74, 6) is 0.316. The van der Waals surface area contributed by atoms with Crippen LogP contribution in [0.2, 0.25) is 0 Å². The first kappa shape index (κ1) is 13.1. The number of benzene rings is 1. The maximum atomic E-state index is 10.8. The van der Waals surface area contributed by atoms with E-state index in [0.717, 1.165) is 22.6 Å². The van der Waals surface area contributed by atoms with E-state index < -0.39 is 11.9 Å². The molecule has 0 saturated heterocycles. The van der Waals surface area contributed by atoms with Crippen LogP contribution < -0.4 is 0 Å². The lowest BCUT2D eigenvalue weighted by atomic mass is 10.0. The third-order valence-corrected chi connectivity index (χ3v) is 3.36. The maximum Gasteiger partial charge on any atom is 0.310 e. The van der Waals surface area contributed by atoms with E-state index in [4.69, 9.17) is 10.2 Å². The van der Waals surface area contributed by atoms with Gasteiger partial charge < -0.3 is 10.2 Å². The fourth-order valence-electron chi connectivity index (χ4n) is 1.30. The average molecular weight is 240 g/mol. The predicted octanol–water partition coefficient (Wildman–Crippen LogP) is 2.10. The van der Waals surface area contributed by atoms with Gasteiger partial charge in [-0.25, -0.2) is 0 Å². The van der Waals surface area contributed by atoms with Gasteiger partial charge in [0.2, 0.25) is 0 Å². The molecule has 1 atom stereocenters. The predicted molar refractivity (Wildman–Crippen MR) is 65.7 cm³/mol. The molecular weight excluding hydrogens is 224 g/mol. The molecule has 0 aliphatic rings. The molecular formula is C12H16O3S. The molecule has 0 aliphatic heterocycles. The molecule has 0 bridgehead atoms. The van der Waals surface area contributed by atoms with Gasteiger partial charge in [-0.05, 0) is 18.1 Å². The van der Waals surface area contributed by atoms with Crippen LogP contribution in [0, 0.1) is 0 Å². The first-order chi connectivity index (χ1) is 7.65. The first-order valence-corrected chi connectivity index (χ1v) is 6.31. The molecule has 1 rings (SSSR count). The molecule has 2 N–H and O–H groups in total. The lowest BCUT2D eigenvalue weighted by molar-refractivity contribution is -0.138. The lowest BCUT2D eigenvalue weighted by Gasteiger charge is -2.07. The Bertz CT molecular complexity index is 335. The highest BCUT2D eigenvalue weighted by atomic mass is 32.2. The molecule has 1 aromatic rings. The number of aliphatic hydroxyl groups is 1. The third kappa shape index (κ3) is 3.87. The van der Waals surface area contributed by atoms with Gasteiger partial charge in [0.25, 0.3) is 0 Å². The summed E-state index contributed by atoms with van der Waals surface area (Å²) >= 11 is 1.66. The molecule has 3 nitrogen and oxygen atoms in total. The number of carboxylic acid groups (broad SMARTS) is 1. The fraction of sp³-hybridized carbons (Fsp3) is 0.417. The summed E-state index contributed by atoms with van der Waals surface area (Å²) in [6, 6.07) is 7.60. The highest BCUT2D eigenvalue weighted by Crippen LogP contribution is 2.18. The van der Waals surface area contributed by atoms with E-state index in [-0.39, 0.29) is 6.61 Å². The Morgan fingerprint density at radius 1 is 1.38 bits per heavy atom. The van der Waals surface area contributed by atoms with Crippen LogP contribution in [0.15, 0.2) is 24.3 Å². The molecule has 88 valence electrons. The van der Waals surface area contributed by atoms with Crippen LogP contribution in [0.4, 0.5) is 0 Å². The summed E-state index contributed by atoms with van der Waals surface area (Å²) < 4.78 is 0. The van der Waals surface area contributed by atoms with E-state index in [0.29, 0.717) is 0 Å². The Balaban J connectivity index is 2.57. The van der Waals surface area contributed by atoms with Crippen molar-refractivity contribution < 1.29 is 15.0 Å². The van der Waals surface area contributed by atoms with Gasteiger partial charge in [-0.15, -0.1) is 0 Å². The Labute approximate surface area is 99.5 Å². The van der Waals surface area contributed by atoms with Crippen LogP contribution in [0.5, 0.6) is 0 Å². The van der Waals surface area contributed by atoms with Gasteiger partial charge in [-0.2, -0.15) is 11.8 Å². The van der Waals surface area contributed by atoms with Crippen molar-refractivity contribution in [1.29, 1.82) is 0 Å². The smallest absolute Gasteiger partial charge is 0.310 e. The van der Waals surface area contributed by atoms with Gasteiger partial charge in [0.1, 0.15) is 0 Å². The zero-order valence-corrected chi connectivity index (χ0v) is 10.0. The van der Waals surface area contributed by atoms with Crippen LogP contribution in [0.1, 0.15) is 24.0 Å². The number of thioether (sulfide) groups is 1. The van der Waals surface area contributed by atoms with Gasteiger partial charge >= 0.3 is 5.97 Å². The third-order valence-electron chi connectivity index (χ3n) is 2.35. The monoisotopic (exact) mass is 240 g/mol. The quantitative estimate of drug-likeness (QED) is 0.748. The zero-order valence-electron chi connectivity index (χ0n) is 9.22. The SMILES string of the molecule is CC(C(=O)O)c1ccc(CSCCO)cc1. The van der Waals surface area contributed by atoms with Crippen molar-refractivity contribution in [2.45, 2.75) is 18.6 Å². The normalized spacial score (nSPS) is 12.4. The fourth-order valence-corrected chi connectivity index (χ4v) is 2.00. The molecule has 0 radical (unpaired) electrons. The molecule has 0 amide bonds. The van der Waals surface area contributed by atoms with Crippen molar-refractivity contribution >= 4 is 17.7 Å². The van der Waals surface area contributed by atoms with Gasteiger partial charge in [0, 0.05) is 11.5 Å². The minimum Gasteiger partial charge on any atom is -0.481 e. The van der Waals surface area contributed by atoms with E-state index in [1.807, 2.05) is 24.3 Å².